The number of anilines is 1. The molecule has 4 rings (SSSR count). The summed E-state index contributed by atoms with van der Waals surface area (Å²) in [6.07, 6.45) is 0. The van der Waals surface area contributed by atoms with Crippen LogP contribution in [-0.2, 0) is 6.61 Å². The van der Waals surface area contributed by atoms with Crippen LogP contribution in [0.3, 0.4) is 0 Å². The highest BCUT2D eigenvalue weighted by molar-refractivity contribution is 6.42. The quantitative estimate of drug-likeness (QED) is 0.368. The van der Waals surface area contributed by atoms with E-state index in [1.54, 1.807) is 12.1 Å². The highest BCUT2D eigenvalue weighted by Crippen LogP contribution is 2.34. The van der Waals surface area contributed by atoms with Gasteiger partial charge in [0.25, 0.3) is 0 Å². The average molecular weight is 446 g/mol. The van der Waals surface area contributed by atoms with Gasteiger partial charge < -0.3 is 10.5 Å². The summed E-state index contributed by atoms with van der Waals surface area (Å²) >= 11 is 12.2. The Bertz CT molecular complexity index is 1270. The van der Waals surface area contributed by atoms with Crippen molar-refractivity contribution in [2.24, 2.45) is 0 Å². The fraction of sp³-hybridized carbons (Fsp3) is 0.0400. The number of nitrogen functional groups attached to an aromatic ring is 1. The zero-order chi connectivity index (χ0) is 21.8. The Hall–Kier alpha value is -3.52. The molecule has 0 aliphatic rings. The maximum Gasteiger partial charge on any atom is 0.142 e. The van der Waals surface area contributed by atoms with E-state index in [1.165, 1.54) is 0 Å². The zero-order valence-electron chi connectivity index (χ0n) is 16.3. The first kappa shape index (κ1) is 20.7. The van der Waals surface area contributed by atoms with Crippen molar-refractivity contribution in [2.75, 3.05) is 5.73 Å². The minimum atomic E-state index is 0.158. The number of rotatable bonds is 5. The predicted octanol–water partition coefficient (Wildman–Crippen LogP) is 6.76. The molecule has 0 spiro atoms. The first-order valence-corrected chi connectivity index (χ1v) is 10.2. The second kappa shape index (κ2) is 9.09. The summed E-state index contributed by atoms with van der Waals surface area (Å²) in [5.74, 6) is 0.892. The molecule has 0 aliphatic carbocycles. The van der Waals surface area contributed by atoms with Crippen molar-refractivity contribution in [3.8, 4) is 34.2 Å². The lowest BCUT2D eigenvalue weighted by Crippen LogP contribution is -2.00. The van der Waals surface area contributed by atoms with Crippen LogP contribution in [0.5, 0.6) is 5.75 Å². The first-order chi connectivity index (χ1) is 15.0. The molecule has 0 atom stereocenters. The van der Waals surface area contributed by atoms with Gasteiger partial charge in [0.15, 0.2) is 0 Å². The van der Waals surface area contributed by atoms with Crippen LogP contribution in [0.1, 0.15) is 11.1 Å². The molecular formula is C25H17Cl2N3O. The summed E-state index contributed by atoms with van der Waals surface area (Å²) in [7, 11) is 0. The molecule has 1 heterocycles. The Labute approximate surface area is 190 Å². The Kier molecular flexibility index (Phi) is 6.08. The van der Waals surface area contributed by atoms with Gasteiger partial charge >= 0.3 is 0 Å². The number of nitriles is 1. The van der Waals surface area contributed by atoms with Crippen LogP contribution in [-0.4, -0.2) is 4.98 Å². The van der Waals surface area contributed by atoms with Crippen molar-refractivity contribution >= 4 is 29.0 Å². The van der Waals surface area contributed by atoms with Crippen molar-refractivity contribution in [3.05, 3.63) is 100 Å². The van der Waals surface area contributed by atoms with Gasteiger partial charge in [0.05, 0.1) is 15.7 Å². The third-order valence-corrected chi connectivity index (χ3v) is 5.53. The lowest BCUT2D eigenvalue weighted by Gasteiger charge is -2.12. The Morgan fingerprint density at radius 2 is 1.58 bits per heavy atom. The molecule has 3 aromatic carbocycles. The molecule has 0 radical (unpaired) electrons. The van der Waals surface area contributed by atoms with Crippen molar-refractivity contribution in [1.29, 1.82) is 5.26 Å². The fourth-order valence-electron chi connectivity index (χ4n) is 3.18. The molecule has 0 unspecified atom stereocenters. The largest absolute Gasteiger partial charge is 0.489 e. The molecule has 152 valence electrons. The molecule has 0 fully saturated rings. The Balaban J connectivity index is 1.65. The van der Waals surface area contributed by atoms with Gasteiger partial charge in [-0.25, -0.2) is 4.98 Å². The third kappa shape index (κ3) is 4.64. The van der Waals surface area contributed by atoms with E-state index in [0.29, 0.717) is 33.5 Å². The minimum Gasteiger partial charge on any atom is -0.489 e. The number of nitrogens with two attached hydrogens (primary N) is 1. The van der Waals surface area contributed by atoms with Crippen LogP contribution in [0.4, 0.5) is 5.82 Å². The van der Waals surface area contributed by atoms with E-state index in [-0.39, 0.29) is 5.82 Å². The monoisotopic (exact) mass is 445 g/mol. The van der Waals surface area contributed by atoms with Crippen molar-refractivity contribution < 1.29 is 4.74 Å². The minimum absolute atomic E-state index is 0.158. The zero-order valence-corrected chi connectivity index (χ0v) is 17.9. The van der Waals surface area contributed by atoms with Crippen molar-refractivity contribution in [3.63, 3.8) is 0 Å². The highest BCUT2D eigenvalue weighted by Gasteiger charge is 2.14. The van der Waals surface area contributed by atoms with E-state index in [4.69, 9.17) is 33.7 Å². The summed E-state index contributed by atoms with van der Waals surface area (Å²) in [6.45, 7) is 0.479. The van der Waals surface area contributed by atoms with Gasteiger partial charge in [-0.3, -0.25) is 0 Å². The molecule has 0 saturated carbocycles. The summed E-state index contributed by atoms with van der Waals surface area (Å²) in [5.41, 5.74) is 10.4. The van der Waals surface area contributed by atoms with Gasteiger partial charge in [0.2, 0.25) is 0 Å². The number of hydrogen-bond acceptors (Lipinski definition) is 4. The van der Waals surface area contributed by atoms with E-state index >= 15 is 0 Å². The number of aromatic nitrogens is 1. The van der Waals surface area contributed by atoms with Gasteiger partial charge in [-0.15, -0.1) is 0 Å². The second-order valence-electron chi connectivity index (χ2n) is 6.85. The molecule has 4 nitrogen and oxygen atoms in total. The molecule has 1 aromatic heterocycles. The lowest BCUT2D eigenvalue weighted by atomic mass is 9.98. The van der Waals surface area contributed by atoms with Crippen LogP contribution < -0.4 is 10.5 Å². The van der Waals surface area contributed by atoms with E-state index in [9.17, 15) is 5.26 Å². The second-order valence-corrected chi connectivity index (χ2v) is 7.67. The SMILES string of the molecule is N#Cc1c(-c2ccc(OCc3ccccc3)cc2)cc(-c2ccc(Cl)c(Cl)c2)nc1N. The molecule has 0 bridgehead atoms. The van der Waals surface area contributed by atoms with E-state index in [0.717, 1.165) is 22.4 Å². The fourth-order valence-corrected chi connectivity index (χ4v) is 3.48. The molecule has 0 aliphatic heterocycles. The molecule has 0 amide bonds. The van der Waals surface area contributed by atoms with Crippen LogP contribution >= 0.6 is 23.2 Å². The standard InChI is InChI=1S/C25H17Cl2N3O/c26-22-11-8-18(12-23(22)27)24-13-20(21(14-28)25(29)30-24)17-6-9-19(10-7-17)31-15-16-4-2-1-3-5-16/h1-13H,15H2,(H2,29,30). The van der Waals surface area contributed by atoms with Gasteiger partial charge in [0, 0.05) is 11.1 Å². The Morgan fingerprint density at radius 3 is 2.26 bits per heavy atom. The molecule has 2 N–H and O–H groups in total. The number of nitrogens with zero attached hydrogens (tertiary/aromatic N) is 2. The summed E-state index contributed by atoms with van der Waals surface area (Å²) < 4.78 is 5.85. The topological polar surface area (TPSA) is 71.9 Å². The van der Waals surface area contributed by atoms with E-state index in [2.05, 4.69) is 11.1 Å². The predicted molar refractivity (Wildman–Crippen MR) is 125 cm³/mol. The maximum atomic E-state index is 9.63. The van der Waals surface area contributed by atoms with Crippen LogP contribution in [0, 0.1) is 11.3 Å². The lowest BCUT2D eigenvalue weighted by molar-refractivity contribution is 0.306. The summed E-state index contributed by atoms with van der Waals surface area (Å²) in [5, 5.41) is 10.5. The number of pyridine rings is 1. The van der Waals surface area contributed by atoms with Gasteiger partial charge in [-0.05, 0) is 41.5 Å². The van der Waals surface area contributed by atoms with Gasteiger partial charge in [0.1, 0.15) is 29.8 Å². The molecular weight excluding hydrogens is 429 g/mol. The van der Waals surface area contributed by atoms with Gasteiger partial charge in [-0.1, -0.05) is 71.7 Å². The van der Waals surface area contributed by atoms with E-state index in [1.807, 2.05) is 66.7 Å². The summed E-state index contributed by atoms with van der Waals surface area (Å²) in [6, 6.07) is 26.7. The molecule has 0 saturated heterocycles. The smallest absolute Gasteiger partial charge is 0.142 e. The van der Waals surface area contributed by atoms with Crippen molar-refractivity contribution in [2.45, 2.75) is 6.61 Å². The average Bonchev–Trinajstić information content (AvgIpc) is 2.80. The van der Waals surface area contributed by atoms with Crippen LogP contribution in [0.2, 0.25) is 10.0 Å². The highest BCUT2D eigenvalue weighted by atomic mass is 35.5. The molecule has 4 aromatic rings. The summed E-state index contributed by atoms with van der Waals surface area (Å²) in [4.78, 5) is 4.38. The van der Waals surface area contributed by atoms with Gasteiger partial charge in [-0.2, -0.15) is 5.26 Å². The number of benzene rings is 3. The Morgan fingerprint density at radius 1 is 0.871 bits per heavy atom. The van der Waals surface area contributed by atoms with Crippen LogP contribution in [0.25, 0.3) is 22.4 Å². The third-order valence-electron chi connectivity index (χ3n) is 4.79. The van der Waals surface area contributed by atoms with Crippen molar-refractivity contribution in [1.82, 2.24) is 4.98 Å². The van der Waals surface area contributed by atoms with E-state index < -0.39 is 0 Å². The maximum absolute atomic E-state index is 9.63. The van der Waals surface area contributed by atoms with Crippen LogP contribution in [0.15, 0.2) is 78.9 Å². The number of ether oxygens (including phenoxy) is 1. The normalized spacial score (nSPS) is 10.5. The number of hydrogen-bond donors (Lipinski definition) is 1. The molecule has 31 heavy (non-hydrogen) atoms. The number of halogens is 2. The first-order valence-electron chi connectivity index (χ1n) is 9.48. The molecule has 6 heteroatoms.